The average molecular weight is 417 g/mol. The minimum Gasteiger partial charge on any atom is -0.437 e. The standard InChI is InChI=1S/C18H17BrN4O3/c1-25-12-11-23-10-9-21-18(23)22-16(24)13-5-4-8-20-17(13)26-15-7-3-2-6-14(15)19/h2-10H,11-12H2,1H3,(H,21,22,24). The van der Waals surface area contributed by atoms with Gasteiger partial charge in [0, 0.05) is 32.2 Å². The van der Waals surface area contributed by atoms with Crippen molar-refractivity contribution in [2.45, 2.75) is 6.54 Å². The lowest BCUT2D eigenvalue weighted by Crippen LogP contribution is -2.18. The van der Waals surface area contributed by atoms with Crippen molar-refractivity contribution in [1.29, 1.82) is 0 Å². The van der Waals surface area contributed by atoms with Crippen molar-refractivity contribution in [3.05, 3.63) is 65.0 Å². The second-order valence-corrected chi connectivity index (χ2v) is 6.13. The second kappa shape index (κ2) is 8.59. The van der Waals surface area contributed by atoms with Gasteiger partial charge in [0.15, 0.2) is 0 Å². The number of anilines is 1. The quantitative estimate of drug-likeness (QED) is 0.634. The predicted octanol–water partition coefficient (Wildman–Crippen LogP) is 3.73. The minimum atomic E-state index is -0.356. The van der Waals surface area contributed by atoms with E-state index in [1.54, 1.807) is 48.5 Å². The zero-order chi connectivity index (χ0) is 18.4. The van der Waals surface area contributed by atoms with Crippen molar-refractivity contribution in [1.82, 2.24) is 14.5 Å². The highest BCUT2D eigenvalue weighted by Gasteiger charge is 2.17. The molecule has 1 N–H and O–H groups in total. The summed E-state index contributed by atoms with van der Waals surface area (Å²) in [5.74, 6) is 0.863. The summed E-state index contributed by atoms with van der Waals surface area (Å²) in [4.78, 5) is 21.1. The molecule has 0 spiro atoms. The Morgan fingerprint density at radius 3 is 2.85 bits per heavy atom. The first kappa shape index (κ1) is 18.1. The van der Waals surface area contributed by atoms with Crippen LogP contribution in [0.1, 0.15) is 10.4 Å². The van der Waals surface area contributed by atoms with E-state index in [1.807, 2.05) is 18.2 Å². The van der Waals surface area contributed by atoms with Gasteiger partial charge in [-0.05, 0) is 40.2 Å². The molecule has 0 aliphatic rings. The molecule has 0 fully saturated rings. The van der Waals surface area contributed by atoms with E-state index in [4.69, 9.17) is 9.47 Å². The van der Waals surface area contributed by atoms with Gasteiger partial charge in [0.2, 0.25) is 11.8 Å². The topological polar surface area (TPSA) is 78.3 Å². The van der Waals surface area contributed by atoms with E-state index < -0.39 is 0 Å². The molecule has 0 aliphatic carbocycles. The van der Waals surface area contributed by atoms with Crippen LogP contribution in [0.25, 0.3) is 0 Å². The van der Waals surface area contributed by atoms with Gasteiger partial charge in [0.05, 0.1) is 11.1 Å². The number of imidazole rings is 1. The molecular formula is C18H17BrN4O3. The fraction of sp³-hybridized carbons (Fsp3) is 0.167. The number of rotatable bonds is 7. The Hall–Kier alpha value is -2.71. The summed E-state index contributed by atoms with van der Waals surface area (Å²) in [6, 6.07) is 10.7. The molecule has 0 aliphatic heterocycles. The summed E-state index contributed by atoms with van der Waals surface area (Å²) in [5.41, 5.74) is 0.310. The Morgan fingerprint density at radius 2 is 2.04 bits per heavy atom. The van der Waals surface area contributed by atoms with E-state index in [9.17, 15) is 4.79 Å². The van der Waals surface area contributed by atoms with Gasteiger partial charge in [-0.25, -0.2) is 9.97 Å². The van der Waals surface area contributed by atoms with Crippen LogP contribution in [0.4, 0.5) is 5.95 Å². The maximum absolute atomic E-state index is 12.7. The number of nitrogens with zero attached hydrogens (tertiary/aromatic N) is 3. The third-order valence-corrected chi connectivity index (χ3v) is 4.19. The molecule has 3 aromatic rings. The van der Waals surface area contributed by atoms with Gasteiger partial charge in [-0.15, -0.1) is 0 Å². The normalized spacial score (nSPS) is 10.5. The number of hydrogen-bond acceptors (Lipinski definition) is 5. The molecule has 2 heterocycles. The largest absolute Gasteiger partial charge is 0.437 e. The van der Waals surface area contributed by atoms with Crippen LogP contribution < -0.4 is 10.1 Å². The van der Waals surface area contributed by atoms with Crippen LogP contribution in [0.3, 0.4) is 0 Å². The molecule has 26 heavy (non-hydrogen) atoms. The lowest BCUT2D eigenvalue weighted by Gasteiger charge is -2.12. The van der Waals surface area contributed by atoms with Crippen LogP contribution in [-0.2, 0) is 11.3 Å². The number of halogens is 1. The van der Waals surface area contributed by atoms with E-state index >= 15 is 0 Å². The summed E-state index contributed by atoms with van der Waals surface area (Å²) in [6.07, 6.45) is 4.96. The summed E-state index contributed by atoms with van der Waals surface area (Å²) in [5, 5.41) is 2.78. The monoisotopic (exact) mass is 416 g/mol. The Balaban J connectivity index is 1.80. The summed E-state index contributed by atoms with van der Waals surface area (Å²) in [7, 11) is 1.62. The molecule has 2 aromatic heterocycles. The number of amides is 1. The molecule has 8 heteroatoms. The number of hydrogen-bond donors (Lipinski definition) is 1. The maximum atomic E-state index is 12.7. The van der Waals surface area contributed by atoms with Gasteiger partial charge in [-0.1, -0.05) is 12.1 Å². The predicted molar refractivity (Wildman–Crippen MR) is 101 cm³/mol. The van der Waals surface area contributed by atoms with Crippen molar-refractivity contribution in [3.63, 3.8) is 0 Å². The Labute approximate surface area is 159 Å². The SMILES string of the molecule is COCCn1ccnc1NC(=O)c1cccnc1Oc1ccccc1Br. The molecule has 0 saturated carbocycles. The Morgan fingerprint density at radius 1 is 1.19 bits per heavy atom. The fourth-order valence-electron chi connectivity index (χ4n) is 2.25. The number of nitrogens with one attached hydrogen (secondary N) is 1. The van der Waals surface area contributed by atoms with E-state index in [-0.39, 0.29) is 11.8 Å². The number of benzene rings is 1. The minimum absolute atomic E-state index is 0.215. The van der Waals surface area contributed by atoms with Gasteiger partial charge in [-0.2, -0.15) is 0 Å². The van der Waals surface area contributed by atoms with Crippen molar-refractivity contribution >= 4 is 27.8 Å². The number of aromatic nitrogens is 3. The zero-order valence-electron chi connectivity index (χ0n) is 14.1. The molecule has 3 rings (SSSR count). The van der Waals surface area contributed by atoms with Crippen LogP contribution >= 0.6 is 15.9 Å². The average Bonchev–Trinajstić information content (AvgIpc) is 3.09. The molecule has 134 valence electrons. The number of ether oxygens (including phenoxy) is 2. The van der Waals surface area contributed by atoms with Gasteiger partial charge in [0.1, 0.15) is 11.3 Å². The van der Waals surface area contributed by atoms with Gasteiger partial charge < -0.3 is 14.0 Å². The molecule has 0 radical (unpaired) electrons. The van der Waals surface area contributed by atoms with Crippen LogP contribution in [0.5, 0.6) is 11.6 Å². The lowest BCUT2D eigenvalue weighted by molar-refractivity contribution is 0.102. The third kappa shape index (κ3) is 4.27. The smallest absolute Gasteiger partial charge is 0.263 e. The number of pyridine rings is 1. The number of carbonyl (C=O) groups is 1. The molecular weight excluding hydrogens is 400 g/mol. The van der Waals surface area contributed by atoms with Crippen molar-refractivity contribution < 1.29 is 14.3 Å². The van der Waals surface area contributed by atoms with Gasteiger partial charge in [-0.3, -0.25) is 10.1 Å². The number of methoxy groups -OCH3 is 1. The molecule has 0 saturated heterocycles. The van der Waals surface area contributed by atoms with Crippen molar-refractivity contribution in [3.8, 4) is 11.6 Å². The second-order valence-electron chi connectivity index (χ2n) is 5.28. The third-order valence-electron chi connectivity index (χ3n) is 3.54. The van der Waals surface area contributed by atoms with E-state index in [0.29, 0.717) is 30.4 Å². The van der Waals surface area contributed by atoms with Crippen LogP contribution in [0.15, 0.2) is 59.5 Å². The Kier molecular flexibility index (Phi) is 5.98. The van der Waals surface area contributed by atoms with Crippen molar-refractivity contribution in [2.24, 2.45) is 0 Å². The molecule has 1 aromatic carbocycles. The van der Waals surface area contributed by atoms with E-state index in [1.165, 1.54) is 0 Å². The summed E-state index contributed by atoms with van der Waals surface area (Å²) < 4.78 is 13.4. The Bertz CT molecular complexity index is 897. The summed E-state index contributed by atoms with van der Waals surface area (Å²) in [6.45, 7) is 1.10. The molecule has 0 bridgehead atoms. The first-order valence-corrected chi connectivity index (χ1v) is 8.67. The number of para-hydroxylation sites is 1. The first-order chi connectivity index (χ1) is 12.7. The maximum Gasteiger partial charge on any atom is 0.263 e. The highest BCUT2D eigenvalue weighted by atomic mass is 79.9. The fourth-order valence-corrected chi connectivity index (χ4v) is 2.61. The molecule has 7 nitrogen and oxygen atoms in total. The summed E-state index contributed by atoms with van der Waals surface area (Å²) >= 11 is 3.42. The van der Waals surface area contributed by atoms with Crippen LogP contribution in [0, 0.1) is 0 Å². The van der Waals surface area contributed by atoms with E-state index in [0.717, 1.165) is 4.47 Å². The molecule has 0 unspecified atom stereocenters. The highest BCUT2D eigenvalue weighted by molar-refractivity contribution is 9.10. The molecule has 1 amide bonds. The first-order valence-electron chi connectivity index (χ1n) is 7.88. The zero-order valence-corrected chi connectivity index (χ0v) is 15.6. The van der Waals surface area contributed by atoms with Crippen molar-refractivity contribution in [2.75, 3.05) is 19.0 Å². The van der Waals surface area contributed by atoms with Crippen LogP contribution in [0.2, 0.25) is 0 Å². The van der Waals surface area contributed by atoms with E-state index in [2.05, 4.69) is 31.2 Å². The van der Waals surface area contributed by atoms with Gasteiger partial charge >= 0.3 is 0 Å². The highest BCUT2D eigenvalue weighted by Crippen LogP contribution is 2.30. The molecule has 0 atom stereocenters. The lowest BCUT2D eigenvalue weighted by atomic mass is 10.2. The number of carbonyl (C=O) groups excluding carboxylic acids is 1. The van der Waals surface area contributed by atoms with Crippen LogP contribution in [-0.4, -0.2) is 34.2 Å². The van der Waals surface area contributed by atoms with Gasteiger partial charge in [0.25, 0.3) is 5.91 Å².